The van der Waals surface area contributed by atoms with E-state index >= 15 is 0 Å². The number of carbonyl (C=O) groups excluding carboxylic acids is 1. The molecule has 5 nitrogen and oxygen atoms in total. The molecule has 0 spiro atoms. The number of nitrogens with zero attached hydrogens (tertiary/aromatic N) is 1. The quantitative estimate of drug-likeness (QED) is 0.865. The number of nitrogens with one attached hydrogen (secondary N) is 1. The molecule has 1 heterocycles. The second-order valence-corrected chi connectivity index (χ2v) is 8.72. The minimum absolute atomic E-state index is 0.0489. The predicted molar refractivity (Wildman–Crippen MR) is 93.8 cm³/mol. The van der Waals surface area contributed by atoms with Gasteiger partial charge in [-0.3, -0.25) is 4.79 Å². The SMILES string of the molecule is CC(C)CS(=O)(=O)CCNC(=O)c1cc2ccc(Cl)cc2n1C. The van der Waals surface area contributed by atoms with Crippen LogP contribution >= 0.6 is 11.6 Å². The number of halogens is 1. The molecule has 0 aliphatic rings. The Bertz CT molecular complexity index is 825. The van der Waals surface area contributed by atoms with E-state index in [4.69, 9.17) is 11.6 Å². The van der Waals surface area contributed by atoms with Gasteiger partial charge in [0, 0.05) is 29.5 Å². The average Bonchev–Trinajstić information content (AvgIpc) is 2.74. The van der Waals surface area contributed by atoms with Crippen molar-refractivity contribution < 1.29 is 13.2 Å². The second-order valence-electron chi connectivity index (χ2n) is 6.06. The second kappa shape index (κ2) is 6.93. The number of carbonyl (C=O) groups is 1. The van der Waals surface area contributed by atoms with Gasteiger partial charge in [0.2, 0.25) is 0 Å². The molecule has 0 atom stereocenters. The fourth-order valence-electron chi connectivity index (χ4n) is 2.52. The van der Waals surface area contributed by atoms with Crippen molar-refractivity contribution in [2.24, 2.45) is 13.0 Å². The van der Waals surface area contributed by atoms with Crippen LogP contribution in [0.2, 0.25) is 5.02 Å². The van der Waals surface area contributed by atoms with E-state index in [1.54, 1.807) is 29.8 Å². The minimum Gasteiger partial charge on any atom is -0.350 e. The highest BCUT2D eigenvalue weighted by Crippen LogP contribution is 2.22. The molecule has 1 amide bonds. The number of hydrogen-bond donors (Lipinski definition) is 1. The van der Waals surface area contributed by atoms with Crippen molar-refractivity contribution in [1.82, 2.24) is 9.88 Å². The summed E-state index contributed by atoms with van der Waals surface area (Å²) in [6.45, 7) is 3.82. The summed E-state index contributed by atoms with van der Waals surface area (Å²) >= 11 is 5.97. The molecule has 1 aromatic heterocycles. The van der Waals surface area contributed by atoms with Gasteiger partial charge in [-0.25, -0.2) is 8.42 Å². The fourth-order valence-corrected chi connectivity index (χ4v) is 4.28. The summed E-state index contributed by atoms with van der Waals surface area (Å²) in [5, 5.41) is 4.19. The fraction of sp³-hybridized carbons (Fsp3) is 0.438. The van der Waals surface area contributed by atoms with Crippen LogP contribution in [-0.4, -0.2) is 36.9 Å². The number of sulfone groups is 1. The van der Waals surface area contributed by atoms with E-state index in [0.717, 1.165) is 10.9 Å². The summed E-state index contributed by atoms with van der Waals surface area (Å²) in [5.74, 6) is -0.125. The third-order valence-corrected chi connectivity index (χ3v) is 5.76. The van der Waals surface area contributed by atoms with E-state index in [1.807, 2.05) is 19.9 Å². The van der Waals surface area contributed by atoms with Crippen LogP contribution in [0.3, 0.4) is 0 Å². The summed E-state index contributed by atoms with van der Waals surface area (Å²) in [6, 6.07) is 7.18. The first-order valence-electron chi connectivity index (χ1n) is 7.43. The maximum Gasteiger partial charge on any atom is 0.267 e. The Morgan fingerprint density at radius 3 is 2.65 bits per heavy atom. The van der Waals surface area contributed by atoms with Crippen LogP contribution in [0.1, 0.15) is 24.3 Å². The zero-order valence-electron chi connectivity index (χ0n) is 13.5. The summed E-state index contributed by atoms with van der Waals surface area (Å²) in [7, 11) is -1.36. The largest absolute Gasteiger partial charge is 0.350 e. The Morgan fingerprint density at radius 1 is 1.30 bits per heavy atom. The summed E-state index contributed by atoms with van der Waals surface area (Å²) in [6.07, 6.45) is 0. The van der Waals surface area contributed by atoms with Crippen molar-refractivity contribution in [3.8, 4) is 0 Å². The van der Waals surface area contributed by atoms with Gasteiger partial charge in [0.25, 0.3) is 5.91 Å². The molecular formula is C16H21ClN2O3S. The highest BCUT2D eigenvalue weighted by Gasteiger charge is 2.16. The molecule has 0 fully saturated rings. The first kappa shape index (κ1) is 17.8. The predicted octanol–water partition coefficient (Wildman–Crippen LogP) is 2.63. The third-order valence-electron chi connectivity index (χ3n) is 3.53. The lowest BCUT2D eigenvalue weighted by atomic mass is 10.2. The van der Waals surface area contributed by atoms with Gasteiger partial charge in [-0.15, -0.1) is 0 Å². The topological polar surface area (TPSA) is 68.2 Å². The van der Waals surface area contributed by atoms with Gasteiger partial charge >= 0.3 is 0 Å². The van der Waals surface area contributed by atoms with Crippen molar-refractivity contribution in [3.05, 3.63) is 35.0 Å². The number of amides is 1. The molecule has 7 heteroatoms. The van der Waals surface area contributed by atoms with Crippen molar-refractivity contribution >= 4 is 38.2 Å². The van der Waals surface area contributed by atoms with Crippen LogP contribution in [0.4, 0.5) is 0 Å². The molecule has 0 aliphatic carbocycles. The zero-order chi connectivity index (χ0) is 17.2. The molecule has 2 aromatic rings. The monoisotopic (exact) mass is 356 g/mol. The van der Waals surface area contributed by atoms with Gasteiger partial charge in [0.05, 0.1) is 11.5 Å². The third kappa shape index (κ3) is 4.48. The Kier molecular flexibility index (Phi) is 5.37. The van der Waals surface area contributed by atoms with Crippen molar-refractivity contribution in [1.29, 1.82) is 0 Å². The molecular weight excluding hydrogens is 336 g/mol. The maximum atomic E-state index is 12.3. The zero-order valence-corrected chi connectivity index (χ0v) is 15.0. The molecule has 1 aromatic carbocycles. The van der Waals surface area contributed by atoms with Gasteiger partial charge in [-0.2, -0.15) is 0 Å². The molecule has 0 aliphatic heterocycles. The molecule has 23 heavy (non-hydrogen) atoms. The lowest BCUT2D eigenvalue weighted by Gasteiger charge is -2.09. The highest BCUT2D eigenvalue weighted by molar-refractivity contribution is 7.91. The molecule has 0 saturated carbocycles. The number of rotatable bonds is 6. The van der Waals surface area contributed by atoms with E-state index in [-0.39, 0.29) is 29.9 Å². The van der Waals surface area contributed by atoms with Crippen molar-refractivity contribution in [2.45, 2.75) is 13.8 Å². The number of aryl methyl sites for hydroxylation is 1. The average molecular weight is 357 g/mol. The first-order valence-corrected chi connectivity index (χ1v) is 9.63. The lowest BCUT2D eigenvalue weighted by molar-refractivity contribution is 0.0948. The smallest absolute Gasteiger partial charge is 0.267 e. The van der Waals surface area contributed by atoms with Crippen molar-refractivity contribution in [3.63, 3.8) is 0 Å². The van der Waals surface area contributed by atoms with Crippen molar-refractivity contribution in [2.75, 3.05) is 18.1 Å². The molecule has 0 radical (unpaired) electrons. The number of hydrogen-bond acceptors (Lipinski definition) is 3. The lowest BCUT2D eigenvalue weighted by Crippen LogP contribution is -2.31. The molecule has 0 bridgehead atoms. The van der Waals surface area contributed by atoms with Crippen LogP contribution < -0.4 is 5.32 Å². The Hall–Kier alpha value is -1.53. The highest BCUT2D eigenvalue weighted by atomic mass is 35.5. The van der Waals surface area contributed by atoms with Crippen LogP contribution in [0.25, 0.3) is 10.9 Å². The minimum atomic E-state index is -3.14. The van der Waals surface area contributed by atoms with Gasteiger partial charge in [0.1, 0.15) is 5.69 Å². The van der Waals surface area contributed by atoms with Crippen LogP contribution in [-0.2, 0) is 16.9 Å². The standard InChI is InChI=1S/C16H21ClN2O3S/c1-11(2)10-23(21,22)7-6-18-16(20)15-8-12-4-5-13(17)9-14(12)19(15)3/h4-5,8-9,11H,6-7,10H2,1-3H3,(H,18,20). The Balaban J connectivity index is 2.06. The van der Waals surface area contributed by atoms with Gasteiger partial charge < -0.3 is 9.88 Å². The molecule has 2 rings (SSSR count). The van der Waals surface area contributed by atoms with Gasteiger partial charge in [-0.05, 0) is 24.1 Å². The van der Waals surface area contributed by atoms with Crippen LogP contribution in [0, 0.1) is 5.92 Å². The molecule has 0 saturated heterocycles. The van der Waals surface area contributed by atoms with E-state index in [1.165, 1.54) is 0 Å². The Labute approximate surface area is 141 Å². The van der Waals surface area contributed by atoms with Crippen LogP contribution in [0.15, 0.2) is 24.3 Å². The number of fused-ring (bicyclic) bond motifs is 1. The van der Waals surface area contributed by atoms with E-state index < -0.39 is 9.84 Å². The molecule has 0 unspecified atom stereocenters. The molecule has 126 valence electrons. The maximum absolute atomic E-state index is 12.3. The van der Waals surface area contributed by atoms with Crippen LogP contribution in [0.5, 0.6) is 0 Å². The van der Waals surface area contributed by atoms with E-state index in [2.05, 4.69) is 5.32 Å². The first-order chi connectivity index (χ1) is 10.7. The van der Waals surface area contributed by atoms with Gasteiger partial charge in [-0.1, -0.05) is 31.5 Å². The van der Waals surface area contributed by atoms with Gasteiger partial charge in [0.15, 0.2) is 9.84 Å². The normalized spacial score (nSPS) is 12.0. The number of benzene rings is 1. The van der Waals surface area contributed by atoms with E-state index in [9.17, 15) is 13.2 Å². The summed E-state index contributed by atoms with van der Waals surface area (Å²) in [4.78, 5) is 12.3. The summed E-state index contributed by atoms with van der Waals surface area (Å²) in [5.41, 5.74) is 1.33. The number of aromatic nitrogens is 1. The Morgan fingerprint density at radius 2 is 2.00 bits per heavy atom. The molecule has 1 N–H and O–H groups in total. The van der Waals surface area contributed by atoms with E-state index in [0.29, 0.717) is 10.7 Å². The summed E-state index contributed by atoms with van der Waals surface area (Å²) < 4.78 is 25.4.